The first-order valence-corrected chi connectivity index (χ1v) is 11.4. The molecule has 7 heteroatoms. The lowest BCUT2D eigenvalue weighted by Gasteiger charge is -2.37. The first kappa shape index (κ1) is 19.8. The molecule has 0 aliphatic carbocycles. The summed E-state index contributed by atoms with van der Waals surface area (Å²) in [5.41, 5.74) is 1.39. The maximum Gasteiger partial charge on any atom is 0.209 e. The van der Waals surface area contributed by atoms with Gasteiger partial charge >= 0.3 is 0 Å². The van der Waals surface area contributed by atoms with Crippen molar-refractivity contribution in [3.63, 3.8) is 0 Å². The van der Waals surface area contributed by atoms with Crippen molar-refractivity contribution in [2.45, 2.75) is 19.4 Å². The summed E-state index contributed by atoms with van der Waals surface area (Å²) < 4.78 is 22.4. The number of sulfonamides is 1. The highest BCUT2D eigenvalue weighted by atomic mass is 32.2. The first-order chi connectivity index (χ1) is 12.5. The first-order valence-electron chi connectivity index (χ1n) is 9.69. The van der Waals surface area contributed by atoms with Gasteiger partial charge in [-0.15, -0.1) is 0 Å². The fourth-order valence-corrected chi connectivity index (χ4v) is 4.99. The molecular formula is C19H32N4O2S. The smallest absolute Gasteiger partial charge is 0.209 e. The van der Waals surface area contributed by atoms with Crippen LogP contribution in [-0.2, 0) is 16.6 Å². The molecule has 0 aromatic heterocycles. The highest BCUT2D eigenvalue weighted by molar-refractivity contribution is 7.89. The van der Waals surface area contributed by atoms with Crippen LogP contribution in [0.15, 0.2) is 30.3 Å². The van der Waals surface area contributed by atoms with Crippen molar-refractivity contribution < 1.29 is 8.42 Å². The number of hydrogen-bond acceptors (Lipinski definition) is 5. The van der Waals surface area contributed by atoms with E-state index >= 15 is 0 Å². The Balaban J connectivity index is 1.31. The Morgan fingerprint density at radius 3 is 1.96 bits per heavy atom. The van der Waals surface area contributed by atoms with Gasteiger partial charge in [0.2, 0.25) is 10.0 Å². The van der Waals surface area contributed by atoms with Gasteiger partial charge in [0.05, 0.1) is 5.75 Å². The Labute approximate surface area is 158 Å². The summed E-state index contributed by atoms with van der Waals surface area (Å²) >= 11 is 0. The Morgan fingerprint density at radius 2 is 1.38 bits per heavy atom. The maximum absolute atomic E-state index is 11.2. The minimum Gasteiger partial charge on any atom is -0.302 e. The zero-order valence-corrected chi connectivity index (χ0v) is 16.4. The predicted octanol–water partition coefficient (Wildman–Crippen LogP) is 0.805. The molecule has 3 rings (SSSR count). The van der Waals surface area contributed by atoms with Crippen LogP contribution in [0.5, 0.6) is 0 Å². The van der Waals surface area contributed by atoms with Crippen LogP contribution in [0.1, 0.15) is 18.4 Å². The molecule has 0 amide bonds. The lowest BCUT2D eigenvalue weighted by molar-refractivity contribution is 0.106. The van der Waals surface area contributed by atoms with E-state index in [4.69, 9.17) is 5.14 Å². The fraction of sp³-hybridized carbons (Fsp3) is 0.684. The Kier molecular flexibility index (Phi) is 7.05. The minimum atomic E-state index is -3.33. The van der Waals surface area contributed by atoms with Crippen molar-refractivity contribution in [1.29, 1.82) is 0 Å². The number of nitrogens with two attached hydrogens (primary N) is 1. The van der Waals surface area contributed by atoms with E-state index in [9.17, 15) is 8.42 Å². The quantitative estimate of drug-likeness (QED) is 0.758. The zero-order chi connectivity index (χ0) is 18.4. The van der Waals surface area contributed by atoms with Crippen molar-refractivity contribution in [1.82, 2.24) is 14.7 Å². The maximum atomic E-state index is 11.2. The summed E-state index contributed by atoms with van der Waals surface area (Å²) in [5.74, 6) is 0.382. The molecule has 0 saturated carbocycles. The third-order valence-electron chi connectivity index (χ3n) is 5.62. The van der Waals surface area contributed by atoms with Gasteiger partial charge in [0.15, 0.2) is 0 Å². The van der Waals surface area contributed by atoms with E-state index in [2.05, 4.69) is 45.0 Å². The predicted molar refractivity (Wildman–Crippen MR) is 105 cm³/mol. The Bertz CT molecular complexity index is 637. The third kappa shape index (κ3) is 6.63. The number of nitrogens with zero attached hydrogens (tertiary/aromatic N) is 3. The Hall–Kier alpha value is -0.990. The standard InChI is InChI=1S/C19H32N4O2S/c20-26(24,25)17-19-6-8-21(9-7-19)10-11-22-12-14-23(15-13-22)16-18-4-2-1-3-5-18/h1-5,19H,6-17H2,(H2,20,24,25). The van der Waals surface area contributed by atoms with Crippen LogP contribution in [0, 0.1) is 5.92 Å². The molecule has 0 atom stereocenters. The SMILES string of the molecule is NS(=O)(=O)CC1CCN(CCN2CCN(Cc3ccccc3)CC2)CC1. The van der Waals surface area contributed by atoms with Crippen LogP contribution >= 0.6 is 0 Å². The van der Waals surface area contributed by atoms with Crippen molar-refractivity contribution in [2.24, 2.45) is 11.1 Å². The van der Waals surface area contributed by atoms with Crippen LogP contribution < -0.4 is 5.14 Å². The topological polar surface area (TPSA) is 69.9 Å². The second-order valence-corrected chi connectivity index (χ2v) is 9.38. The van der Waals surface area contributed by atoms with E-state index in [-0.39, 0.29) is 11.7 Å². The lowest BCUT2D eigenvalue weighted by atomic mass is 9.99. The van der Waals surface area contributed by atoms with E-state index in [1.807, 2.05) is 0 Å². The second kappa shape index (κ2) is 9.28. The van der Waals surface area contributed by atoms with Crippen molar-refractivity contribution in [2.75, 3.05) is 58.1 Å². The molecule has 26 heavy (non-hydrogen) atoms. The molecule has 2 fully saturated rings. The molecule has 6 nitrogen and oxygen atoms in total. The van der Waals surface area contributed by atoms with Crippen molar-refractivity contribution in [3.8, 4) is 0 Å². The van der Waals surface area contributed by atoms with E-state index in [1.165, 1.54) is 5.56 Å². The monoisotopic (exact) mass is 380 g/mol. The van der Waals surface area contributed by atoms with E-state index in [0.717, 1.165) is 71.7 Å². The van der Waals surface area contributed by atoms with Crippen LogP contribution in [0.25, 0.3) is 0 Å². The number of likely N-dealkylation sites (tertiary alicyclic amines) is 1. The van der Waals surface area contributed by atoms with Crippen molar-refractivity contribution >= 4 is 10.0 Å². The highest BCUT2D eigenvalue weighted by Gasteiger charge is 2.23. The van der Waals surface area contributed by atoms with E-state index in [0.29, 0.717) is 0 Å². The largest absolute Gasteiger partial charge is 0.302 e. The van der Waals surface area contributed by atoms with Crippen molar-refractivity contribution in [3.05, 3.63) is 35.9 Å². The fourth-order valence-electron chi connectivity index (χ4n) is 4.00. The summed E-state index contributed by atoms with van der Waals surface area (Å²) in [4.78, 5) is 7.55. The van der Waals surface area contributed by atoms with Gasteiger partial charge in [-0.25, -0.2) is 13.6 Å². The van der Waals surface area contributed by atoms with E-state index in [1.54, 1.807) is 0 Å². The molecule has 1 aromatic carbocycles. The molecule has 2 aliphatic rings. The van der Waals surface area contributed by atoms with Gasteiger partial charge < -0.3 is 4.90 Å². The molecule has 2 saturated heterocycles. The van der Waals surface area contributed by atoms with Gasteiger partial charge in [-0.05, 0) is 37.4 Å². The van der Waals surface area contributed by atoms with Crippen LogP contribution in [0.4, 0.5) is 0 Å². The number of rotatable bonds is 7. The second-order valence-electron chi connectivity index (χ2n) is 7.72. The van der Waals surface area contributed by atoms with Gasteiger partial charge in [-0.3, -0.25) is 9.80 Å². The highest BCUT2D eigenvalue weighted by Crippen LogP contribution is 2.18. The molecule has 2 aliphatic heterocycles. The summed E-state index contributed by atoms with van der Waals surface area (Å²) in [6.45, 7) is 9.76. The van der Waals surface area contributed by atoms with Gasteiger partial charge in [-0.2, -0.15) is 0 Å². The van der Waals surface area contributed by atoms with Gasteiger partial charge in [-0.1, -0.05) is 30.3 Å². The summed E-state index contributed by atoms with van der Waals surface area (Å²) in [6.07, 6.45) is 1.89. The molecule has 1 aromatic rings. The molecule has 2 N–H and O–H groups in total. The molecule has 0 bridgehead atoms. The molecule has 0 radical (unpaired) electrons. The van der Waals surface area contributed by atoms with Crippen LogP contribution in [-0.4, -0.2) is 81.2 Å². The average Bonchev–Trinajstić information content (AvgIpc) is 2.62. The number of piperidine rings is 1. The Morgan fingerprint density at radius 1 is 0.846 bits per heavy atom. The van der Waals surface area contributed by atoms with Crippen LogP contribution in [0.2, 0.25) is 0 Å². The van der Waals surface area contributed by atoms with E-state index < -0.39 is 10.0 Å². The lowest BCUT2D eigenvalue weighted by Crippen LogP contribution is -2.48. The number of piperazine rings is 1. The van der Waals surface area contributed by atoms with Gasteiger partial charge in [0.25, 0.3) is 0 Å². The van der Waals surface area contributed by atoms with Gasteiger partial charge in [0, 0.05) is 45.8 Å². The summed E-state index contributed by atoms with van der Waals surface area (Å²) in [5, 5.41) is 5.16. The summed E-state index contributed by atoms with van der Waals surface area (Å²) in [6, 6.07) is 10.7. The number of hydrogen-bond donors (Lipinski definition) is 1. The number of primary sulfonamides is 1. The van der Waals surface area contributed by atoms with Gasteiger partial charge in [0.1, 0.15) is 0 Å². The molecule has 0 spiro atoms. The van der Waals surface area contributed by atoms with Crippen LogP contribution in [0.3, 0.4) is 0 Å². The molecule has 146 valence electrons. The number of benzene rings is 1. The minimum absolute atomic E-state index is 0.143. The normalized spacial score (nSPS) is 21.9. The molecular weight excluding hydrogens is 348 g/mol. The molecule has 0 unspecified atom stereocenters. The molecule has 2 heterocycles. The zero-order valence-electron chi connectivity index (χ0n) is 15.6. The summed E-state index contributed by atoms with van der Waals surface area (Å²) in [7, 11) is -3.33. The third-order valence-corrected chi connectivity index (χ3v) is 6.56. The average molecular weight is 381 g/mol.